The SMILES string of the molecule is CC(C)N(C)S(=O)(=O)c1ccc(CNC(=O)C=Cc2ccc([N+](=O)[O-])cc2)cc1. The van der Waals surface area contributed by atoms with E-state index in [1.807, 2.05) is 0 Å². The number of amides is 1. The van der Waals surface area contributed by atoms with Gasteiger partial charge in [0.05, 0.1) is 9.82 Å². The summed E-state index contributed by atoms with van der Waals surface area (Å²) in [5.41, 5.74) is 1.40. The molecule has 0 aliphatic carbocycles. The second kappa shape index (κ2) is 9.44. The summed E-state index contributed by atoms with van der Waals surface area (Å²) in [5.74, 6) is -0.334. The van der Waals surface area contributed by atoms with E-state index in [1.165, 1.54) is 41.7 Å². The molecule has 0 saturated heterocycles. The summed E-state index contributed by atoms with van der Waals surface area (Å²) in [4.78, 5) is 22.3. The Hall–Kier alpha value is -3.04. The van der Waals surface area contributed by atoms with Crippen LogP contribution in [0.5, 0.6) is 0 Å². The lowest BCUT2D eigenvalue weighted by molar-refractivity contribution is -0.384. The molecule has 0 radical (unpaired) electrons. The number of non-ortho nitro benzene ring substituents is 1. The van der Waals surface area contributed by atoms with Crippen molar-refractivity contribution in [2.45, 2.75) is 31.3 Å². The minimum Gasteiger partial charge on any atom is -0.348 e. The lowest BCUT2D eigenvalue weighted by Crippen LogP contribution is -2.33. The van der Waals surface area contributed by atoms with E-state index >= 15 is 0 Å². The molecule has 0 unspecified atom stereocenters. The standard InChI is InChI=1S/C20H23N3O5S/c1-15(2)22(3)29(27,28)19-11-6-17(7-12-19)14-21-20(24)13-8-16-4-9-18(10-5-16)23(25)26/h4-13,15H,14H2,1-3H3,(H,21,24). The van der Waals surface area contributed by atoms with E-state index in [-0.39, 0.29) is 29.1 Å². The second-order valence-electron chi connectivity index (χ2n) is 6.66. The highest BCUT2D eigenvalue weighted by Gasteiger charge is 2.22. The molecule has 0 bridgehead atoms. The van der Waals surface area contributed by atoms with Gasteiger partial charge < -0.3 is 5.32 Å². The average molecular weight is 417 g/mol. The van der Waals surface area contributed by atoms with Crippen LogP contribution in [0.1, 0.15) is 25.0 Å². The molecule has 154 valence electrons. The van der Waals surface area contributed by atoms with Crippen LogP contribution in [0.3, 0.4) is 0 Å². The molecule has 0 aliphatic rings. The first kappa shape index (κ1) is 22.3. The molecule has 2 rings (SSSR count). The number of benzene rings is 2. The van der Waals surface area contributed by atoms with Gasteiger partial charge in [-0.25, -0.2) is 8.42 Å². The molecule has 8 nitrogen and oxygen atoms in total. The molecule has 0 aromatic heterocycles. The predicted molar refractivity (Wildman–Crippen MR) is 111 cm³/mol. The quantitative estimate of drug-likeness (QED) is 0.403. The molecule has 29 heavy (non-hydrogen) atoms. The van der Waals surface area contributed by atoms with Crippen LogP contribution in [0.25, 0.3) is 6.08 Å². The third-order valence-electron chi connectivity index (χ3n) is 4.33. The van der Waals surface area contributed by atoms with Gasteiger partial charge in [0, 0.05) is 37.8 Å². The Bertz CT molecular complexity index is 997. The Kier molecular flexibility index (Phi) is 7.24. The van der Waals surface area contributed by atoms with Gasteiger partial charge in [-0.05, 0) is 55.3 Å². The number of nitro groups is 1. The van der Waals surface area contributed by atoms with Crippen molar-refractivity contribution < 1.29 is 18.1 Å². The topological polar surface area (TPSA) is 110 Å². The lowest BCUT2D eigenvalue weighted by Gasteiger charge is -2.21. The smallest absolute Gasteiger partial charge is 0.269 e. The van der Waals surface area contributed by atoms with Gasteiger partial charge in [-0.15, -0.1) is 0 Å². The molecular formula is C20H23N3O5S. The van der Waals surface area contributed by atoms with Crippen LogP contribution in [-0.2, 0) is 21.4 Å². The zero-order chi connectivity index (χ0) is 21.6. The van der Waals surface area contributed by atoms with Gasteiger partial charge in [-0.1, -0.05) is 12.1 Å². The highest BCUT2D eigenvalue weighted by atomic mass is 32.2. The molecule has 0 fully saturated rings. The summed E-state index contributed by atoms with van der Waals surface area (Å²) in [6.45, 7) is 3.83. The van der Waals surface area contributed by atoms with E-state index in [9.17, 15) is 23.3 Å². The number of nitro benzene ring substituents is 1. The van der Waals surface area contributed by atoms with Crippen molar-refractivity contribution in [3.8, 4) is 0 Å². The first-order chi connectivity index (χ1) is 13.6. The van der Waals surface area contributed by atoms with E-state index in [1.54, 1.807) is 44.2 Å². The van der Waals surface area contributed by atoms with Crippen molar-refractivity contribution in [1.82, 2.24) is 9.62 Å². The Balaban J connectivity index is 1.94. The molecule has 9 heteroatoms. The number of nitrogens with one attached hydrogen (secondary N) is 1. The maximum atomic E-state index is 12.4. The van der Waals surface area contributed by atoms with Gasteiger partial charge in [-0.2, -0.15) is 4.31 Å². The van der Waals surface area contributed by atoms with Crippen LogP contribution >= 0.6 is 0 Å². The van der Waals surface area contributed by atoms with Gasteiger partial charge in [0.1, 0.15) is 0 Å². The van der Waals surface area contributed by atoms with E-state index in [2.05, 4.69) is 5.32 Å². The van der Waals surface area contributed by atoms with Crippen molar-refractivity contribution in [2.24, 2.45) is 0 Å². The predicted octanol–water partition coefficient (Wildman–Crippen LogP) is 2.95. The zero-order valence-electron chi connectivity index (χ0n) is 16.4. The van der Waals surface area contributed by atoms with E-state index in [0.717, 1.165) is 5.56 Å². The highest BCUT2D eigenvalue weighted by Crippen LogP contribution is 2.17. The normalized spacial score (nSPS) is 11.9. The molecule has 0 heterocycles. The molecule has 2 aromatic carbocycles. The van der Waals surface area contributed by atoms with Gasteiger partial charge in [-0.3, -0.25) is 14.9 Å². The molecule has 2 aromatic rings. The number of nitrogens with zero attached hydrogens (tertiary/aromatic N) is 2. The average Bonchev–Trinajstić information content (AvgIpc) is 2.70. The maximum absolute atomic E-state index is 12.4. The van der Waals surface area contributed by atoms with Gasteiger partial charge in [0.2, 0.25) is 15.9 Å². The number of hydrogen-bond donors (Lipinski definition) is 1. The van der Waals surface area contributed by atoms with Crippen molar-refractivity contribution >= 4 is 27.7 Å². The minimum absolute atomic E-state index is 0.0170. The Morgan fingerprint density at radius 1 is 1.14 bits per heavy atom. The fraction of sp³-hybridized carbons (Fsp3) is 0.250. The molecule has 0 aliphatic heterocycles. The zero-order valence-corrected chi connectivity index (χ0v) is 17.2. The molecule has 1 N–H and O–H groups in total. The first-order valence-electron chi connectivity index (χ1n) is 8.88. The first-order valence-corrected chi connectivity index (χ1v) is 10.3. The van der Waals surface area contributed by atoms with Gasteiger partial charge in [0.25, 0.3) is 5.69 Å². The number of sulfonamides is 1. The lowest BCUT2D eigenvalue weighted by atomic mass is 10.2. The summed E-state index contributed by atoms with van der Waals surface area (Å²) >= 11 is 0. The van der Waals surface area contributed by atoms with Crippen LogP contribution in [-0.4, -0.2) is 36.6 Å². The monoisotopic (exact) mass is 417 g/mol. The third kappa shape index (κ3) is 5.97. The largest absolute Gasteiger partial charge is 0.348 e. The highest BCUT2D eigenvalue weighted by molar-refractivity contribution is 7.89. The van der Waals surface area contributed by atoms with Gasteiger partial charge in [0.15, 0.2) is 0 Å². The Morgan fingerprint density at radius 3 is 2.24 bits per heavy atom. The van der Waals surface area contributed by atoms with Crippen molar-refractivity contribution in [3.63, 3.8) is 0 Å². The second-order valence-corrected chi connectivity index (χ2v) is 8.66. The fourth-order valence-corrected chi connectivity index (χ4v) is 3.72. The molecule has 1 amide bonds. The van der Waals surface area contributed by atoms with Crippen LogP contribution < -0.4 is 5.32 Å². The molecule has 0 spiro atoms. The van der Waals surface area contributed by atoms with E-state index < -0.39 is 14.9 Å². The maximum Gasteiger partial charge on any atom is 0.269 e. The number of hydrogen-bond acceptors (Lipinski definition) is 5. The summed E-state index contributed by atoms with van der Waals surface area (Å²) in [7, 11) is -2.01. The van der Waals surface area contributed by atoms with Crippen molar-refractivity contribution in [1.29, 1.82) is 0 Å². The van der Waals surface area contributed by atoms with Crippen LogP contribution in [0.4, 0.5) is 5.69 Å². The summed E-state index contributed by atoms with van der Waals surface area (Å²) in [6.07, 6.45) is 2.88. The fourth-order valence-electron chi connectivity index (χ4n) is 2.35. The minimum atomic E-state index is -3.54. The summed E-state index contributed by atoms with van der Waals surface area (Å²) in [5, 5.41) is 13.3. The van der Waals surface area contributed by atoms with E-state index in [4.69, 9.17) is 0 Å². The summed E-state index contributed by atoms with van der Waals surface area (Å²) < 4.78 is 26.2. The Labute approximate surface area is 170 Å². The van der Waals surface area contributed by atoms with Crippen LogP contribution in [0.15, 0.2) is 59.5 Å². The van der Waals surface area contributed by atoms with E-state index in [0.29, 0.717) is 5.56 Å². The molecule has 0 atom stereocenters. The number of carbonyl (C=O) groups is 1. The van der Waals surface area contributed by atoms with Crippen molar-refractivity contribution in [3.05, 3.63) is 75.8 Å². The van der Waals surface area contributed by atoms with Crippen LogP contribution in [0.2, 0.25) is 0 Å². The summed E-state index contributed by atoms with van der Waals surface area (Å²) in [6, 6.07) is 12.0. The third-order valence-corrected chi connectivity index (χ3v) is 6.37. The Morgan fingerprint density at radius 2 is 1.72 bits per heavy atom. The molecular weight excluding hydrogens is 394 g/mol. The number of rotatable bonds is 8. The van der Waals surface area contributed by atoms with Crippen molar-refractivity contribution in [2.75, 3.05) is 7.05 Å². The van der Waals surface area contributed by atoms with Gasteiger partial charge >= 0.3 is 0 Å². The number of carbonyl (C=O) groups excluding carboxylic acids is 1. The van der Waals surface area contributed by atoms with Crippen LogP contribution in [0, 0.1) is 10.1 Å². The molecule has 0 saturated carbocycles.